The van der Waals surface area contributed by atoms with Crippen molar-refractivity contribution in [1.29, 1.82) is 0 Å². The second kappa shape index (κ2) is 8.68. The van der Waals surface area contributed by atoms with Crippen LogP contribution in [0.5, 0.6) is 0 Å². The molecule has 2 rings (SSSR count). The number of rotatable bonds is 5. The molecule has 0 heterocycles. The molecular formula is C21H22ClNO3. The summed E-state index contributed by atoms with van der Waals surface area (Å²) in [5, 5.41) is 3.33. The molecule has 0 unspecified atom stereocenters. The zero-order valence-electron chi connectivity index (χ0n) is 15.1. The Kier molecular flexibility index (Phi) is 6.58. The van der Waals surface area contributed by atoms with Crippen molar-refractivity contribution in [2.24, 2.45) is 0 Å². The van der Waals surface area contributed by atoms with Crippen molar-refractivity contribution in [2.45, 2.75) is 26.3 Å². The number of benzene rings is 2. The van der Waals surface area contributed by atoms with Gasteiger partial charge in [-0.05, 0) is 50.1 Å². The molecule has 0 aliphatic carbocycles. The van der Waals surface area contributed by atoms with Crippen LogP contribution in [0.25, 0.3) is 11.6 Å². The summed E-state index contributed by atoms with van der Waals surface area (Å²) in [5.74, 6) is -0.916. The smallest absolute Gasteiger partial charge is 0.339 e. The van der Waals surface area contributed by atoms with Crippen LogP contribution < -0.4 is 5.32 Å². The van der Waals surface area contributed by atoms with E-state index in [2.05, 4.69) is 5.32 Å². The molecule has 1 amide bonds. The van der Waals surface area contributed by atoms with Crippen molar-refractivity contribution >= 4 is 35.1 Å². The summed E-state index contributed by atoms with van der Waals surface area (Å²) < 4.78 is 5.22. The quantitative estimate of drug-likeness (QED) is 0.483. The monoisotopic (exact) mass is 371 g/mol. The third kappa shape index (κ3) is 6.37. The number of carbonyl (C=O) groups excluding carboxylic acids is 2. The second-order valence-corrected chi connectivity index (χ2v) is 7.29. The van der Waals surface area contributed by atoms with E-state index in [1.165, 1.54) is 0 Å². The lowest BCUT2D eigenvalue weighted by Crippen LogP contribution is -2.42. The molecule has 0 aliphatic rings. The number of halogens is 1. The van der Waals surface area contributed by atoms with Crippen molar-refractivity contribution < 1.29 is 14.3 Å². The highest BCUT2D eigenvalue weighted by atomic mass is 35.5. The van der Waals surface area contributed by atoms with Crippen LogP contribution in [0.1, 0.15) is 31.9 Å². The van der Waals surface area contributed by atoms with Gasteiger partial charge in [-0.15, -0.1) is 0 Å². The van der Waals surface area contributed by atoms with E-state index in [1.807, 2.05) is 51.1 Å². The lowest BCUT2D eigenvalue weighted by atomic mass is 10.0. The Balaban J connectivity index is 2.21. The van der Waals surface area contributed by atoms with Gasteiger partial charge in [-0.1, -0.05) is 54.1 Å². The molecule has 0 fully saturated rings. The van der Waals surface area contributed by atoms with E-state index in [0.29, 0.717) is 16.2 Å². The van der Waals surface area contributed by atoms with Gasteiger partial charge in [0, 0.05) is 10.6 Å². The Morgan fingerprint density at radius 2 is 1.65 bits per heavy atom. The van der Waals surface area contributed by atoms with Crippen LogP contribution in [0.4, 0.5) is 0 Å². The van der Waals surface area contributed by atoms with Crippen LogP contribution >= 0.6 is 11.6 Å². The maximum Gasteiger partial charge on any atom is 0.339 e. The predicted molar refractivity (Wildman–Crippen MR) is 105 cm³/mol. The number of amides is 1. The highest BCUT2D eigenvalue weighted by molar-refractivity contribution is 6.30. The van der Waals surface area contributed by atoms with Gasteiger partial charge in [0.15, 0.2) is 6.61 Å². The molecule has 136 valence electrons. The SMILES string of the molecule is CC(C)(C)NC(=O)COC(=O)/C(=C/c1ccccc1)c1ccc(Cl)cc1. The Bertz CT molecular complexity index is 790. The van der Waals surface area contributed by atoms with E-state index in [1.54, 1.807) is 30.3 Å². The number of carbonyl (C=O) groups is 2. The molecule has 1 N–H and O–H groups in total. The minimum Gasteiger partial charge on any atom is -0.452 e. The molecule has 0 atom stereocenters. The predicted octanol–water partition coefficient (Wildman–Crippen LogP) is 4.34. The largest absolute Gasteiger partial charge is 0.452 e. The molecule has 2 aromatic rings. The maximum atomic E-state index is 12.6. The molecule has 26 heavy (non-hydrogen) atoms. The van der Waals surface area contributed by atoms with Crippen molar-refractivity contribution in [3.63, 3.8) is 0 Å². The van der Waals surface area contributed by atoms with Gasteiger partial charge in [-0.2, -0.15) is 0 Å². The molecule has 0 radical (unpaired) electrons. The van der Waals surface area contributed by atoms with E-state index in [-0.39, 0.29) is 18.1 Å². The zero-order valence-corrected chi connectivity index (χ0v) is 15.8. The van der Waals surface area contributed by atoms with Crippen molar-refractivity contribution in [3.8, 4) is 0 Å². The summed E-state index contributed by atoms with van der Waals surface area (Å²) in [4.78, 5) is 24.5. The number of ether oxygens (including phenoxy) is 1. The average molecular weight is 372 g/mol. The summed E-state index contributed by atoms with van der Waals surface area (Å²) >= 11 is 5.93. The van der Waals surface area contributed by atoms with Crippen molar-refractivity contribution in [1.82, 2.24) is 5.32 Å². The molecular weight excluding hydrogens is 350 g/mol. The van der Waals surface area contributed by atoms with E-state index in [0.717, 1.165) is 5.56 Å². The summed E-state index contributed by atoms with van der Waals surface area (Å²) in [5.41, 5.74) is 1.49. The number of hydrogen-bond donors (Lipinski definition) is 1. The van der Waals surface area contributed by atoms with Crippen LogP contribution in [-0.4, -0.2) is 24.0 Å². The highest BCUT2D eigenvalue weighted by Gasteiger charge is 2.18. The Labute approximate surface area is 158 Å². The van der Waals surface area contributed by atoms with Gasteiger partial charge in [0.1, 0.15) is 0 Å². The topological polar surface area (TPSA) is 55.4 Å². The molecule has 0 saturated carbocycles. The van der Waals surface area contributed by atoms with Gasteiger partial charge in [-0.25, -0.2) is 4.79 Å². The first-order valence-electron chi connectivity index (χ1n) is 8.25. The minimum atomic E-state index is -0.569. The molecule has 5 heteroatoms. The fourth-order valence-corrected chi connectivity index (χ4v) is 2.39. The second-order valence-electron chi connectivity index (χ2n) is 6.85. The number of nitrogens with one attached hydrogen (secondary N) is 1. The molecule has 0 spiro atoms. The third-order valence-corrected chi connectivity index (χ3v) is 3.59. The first-order valence-corrected chi connectivity index (χ1v) is 8.63. The molecule has 0 saturated heterocycles. The fourth-order valence-electron chi connectivity index (χ4n) is 2.27. The van der Waals surface area contributed by atoms with E-state index in [9.17, 15) is 9.59 Å². The van der Waals surface area contributed by atoms with Crippen molar-refractivity contribution in [2.75, 3.05) is 6.61 Å². The molecule has 0 bridgehead atoms. The summed E-state index contributed by atoms with van der Waals surface area (Å²) in [6.07, 6.45) is 1.73. The summed E-state index contributed by atoms with van der Waals surface area (Å²) in [7, 11) is 0. The van der Waals surface area contributed by atoms with Crippen LogP contribution in [0, 0.1) is 0 Å². The lowest BCUT2D eigenvalue weighted by Gasteiger charge is -2.20. The van der Waals surface area contributed by atoms with Gasteiger partial charge < -0.3 is 10.1 Å². The van der Waals surface area contributed by atoms with Gasteiger partial charge in [0.25, 0.3) is 5.91 Å². The molecule has 0 aromatic heterocycles. The van der Waals surface area contributed by atoms with E-state index >= 15 is 0 Å². The average Bonchev–Trinajstić information content (AvgIpc) is 2.58. The molecule has 4 nitrogen and oxygen atoms in total. The van der Waals surface area contributed by atoms with Crippen LogP contribution in [0.2, 0.25) is 5.02 Å². The molecule has 0 aliphatic heterocycles. The van der Waals surface area contributed by atoms with Gasteiger partial charge in [0.05, 0.1) is 5.57 Å². The molecule has 2 aromatic carbocycles. The summed E-state index contributed by atoms with van der Waals surface area (Å²) in [6, 6.07) is 16.3. The zero-order chi connectivity index (χ0) is 19.2. The van der Waals surface area contributed by atoms with E-state index < -0.39 is 5.97 Å². The van der Waals surface area contributed by atoms with Crippen LogP contribution in [-0.2, 0) is 14.3 Å². The Morgan fingerprint density at radius 3 is 2.23 bits per heavy atom. The standard InChI is InChI=1S/C21H22ClNO3/c1-21(2,3)23-19(24)14-26-20(25)18(13-15-7-5-4-6-8-15)16-9-11-17(22)12-10-16/h4-13H,14H2,1-3H3,(H,23,24)/b18-13+. The van der Waals surface area contributed by atoms with Gasteiger partial charge in [-0.3, -0.25) is 4.79 Å². The van der Waals surface area contributed by atoms with Gasteiger partial charge >= 0.3 is 5.97 Å². The normalized spacial score (nSPS) is 11.8. The Morgan fingerprint density at radius 1 is 1.04 bits per heavy atom. The fraction of sp³-hybridized carbons (Fsp3) is 0.238. The van der Waals surface area contributed by atoms with Crippen LogP contribution in [0.3, 0.4) is 0 Å². The first-order chi connectivity index (χ1) is 12.2. The van der Waals surface area contributed by atoms with Crippen molar-refractivity contribution in [3.05, 3.63) is 70.7 Å². The number of esters is 1. The van der Waals surface area contributed by atoms with Crippen LogP contribution in [0.15, 0.2) is 54.6 Å². The number of hydrogen-bond acceptors (Lipinski definition) is 3. The van der Waals surface area contributed by atoms with Gasteiger partial charge in [0.2, 0.25) is 0 Å². The highest BCUT2D eigenvalue weighted by Crippen LogP contribution is 2.22. The summed E-state index contributed by atoms with van der Waals surface area (Å²) in [6.45, 7) is 5.25. The maximum absolute atomic E-state index is 12.6. The lowest BCUT2D eigenvalue weighted by molar-refractivity contribution is -0.143. The first kappa shape index (κ1) is 19.7. The third-order valence-electron chi connectivity index (χ3n) is 3.33. The van der Waals surface area contributed by atoms with E-state index in [4.69, 9.17) is 16.3 Å². The Hall–Kier alpha value is -2.59. The minimum absolute atomic E-state index is 0.337.